The quantitative estimate of drug-likeness (QED) is 0.504. The van der Waals surface area contributed by atoms with Gasteiger partial charge < -0.3 is 4.98 Å². The minimum absolute atomic E-state index is 0.903. The zero-order chi connectivity index (χ0) is 16.8. The summed E-state index contributed by atoms with van der Waals surface area (Å²) in [5.41, 5.74) is 7.90. The maximum atomic E-state index is 4.62. The van der Waals surface area contributed by atoms with E-state index in [-0.39, 0.29) is 0 Å². The maximum Gasteiger partial charge on any atom is 0.137 e. The molecule has 0 bridgehead atoms. The minimum Gasteiger partial charge on any atom is -0.346 e. The second-order valence-electron chi connectivity index (χ2n) is 6.25. The Morgan fingerprint density at radius 1 is 0.960 bits per heavy atom. The third-order valence-corrected chi connectivity index (χ3v) is 4.70. The lowest BCUT2D eigenvalue weighted by Gasteiger charge is -2.06. The molecule has 0 aliphatic heterocycles. The van der Waals surface area contributed by atoms with Crippen LogP contribution in [-0.4, -0.2) is 19.6 Å². The first kappa shape index (κ1) is 14.0. The first-order valence-electron chi connectivity index (χ1n) is 8.26. The molecule has 120 valence electrons. The van der Waals surface area contributed by atoms with Gasteiger partial charge in [0.15, 0.2) is 0 Å². The maximum absolute atomic E-state index is 4.62. The van der Waals surface area contributed by atoms with E-state index >= 15 is 0 Å². The van der Waals surface area contributed by atoms with Gasteiger partial charge in [-0.1, -0.05) is 24.3 Å². The van der Waals surface area contributed by atoms with E-state index in [1.165, 1.54) is 11.1 Å². The Bertz CT molecular complexity index is 1210. The van der Waals surface area contributed by atoms with E-state index in [0.717, 1.165) is 33.2 Å². The van der Waals surface area contributed by atoms with Gasteiger partial charge in [0, 0.05) is 41.3 Å². The fourth-order valence-corrected chi connectivity index (χ4v) is 3.38. The van der Waals surface area contributed by atoms with Crippen molar-refractivity contribution in [3.63, 3.8) is 0 Å². The van der Waals surface area contributed by atoms with Gasteiger partial charge in [0.25, 0.3) is 0 Å². The lowest BCUT2D eigenvalue weighted by Crippen LogP contribution is -1.87. The highest BCUT2D eigenvalue weighted by Crippen LogP contribution is 2.32. The van der Waals surface area contributed by atoms with Gasteiger partial charge in [-0.25, -0.2) is 9.50 Å². The number of hydrogen-bond acceptors (Lipinski definition) is 2. The number of fused-ring (bicyclic) bond motifs is 2. The van der Waals surface area contributed by atoms with Crippen LogP contribution >= 0.6 is 0 Å². The van der Waals surface area contributed by atoms with Crippen molar-refractivity contribution in [2.75, 3.05) is 0 Å². The van der Waals surface area contributed by atoms with Crippen LogP contribution in [0, 0.1) is 6.92 Å². The average Bonchev–Trinajstić information content (AvgIpc) is 3.27. The predicted octanol–water partition coefficient (Wildman–Crippen LogP) is 4.85. The Hall–Kier alpha value is -3.40. The van der Waals surface area contributed by atoms with Crippen molar-refractivity contribution in [3.05, 3.63) is 78.9 Å². The van der Waals surface area contributed by atoms with Gasteiger partial charge in [-0.15, -0.1) is 0 Å². The normalized spacial score (nSPS) is 11.4. The second-order valence-corrected chi connectivity index (χ2v) is 6.25. The molecule has 4 heterocycles. The van der Waals surface area contributed by atoms with Crippen LogP contribution in [0.3, 0.4) is 0 Å². The fraction of sp³-hybridized carbons (Fsp3) is 0.0476. The number of hydrogen-bond donors (Lipinski definition) is 1. The van der Waals surface area contributed by atoms with Gasteiger partial charge in [0.2, 0.25) is 0 Å². The Labute approximate surface area is 144 Å². The molecule has 0 aliphatic carbocycles. The molecule has 0 amide bonds. The zero-order valence-electron chi connectivity index (χ0n) is 13.8. The monoisotopic (exact) mass is 324 g/mol. The molecule has 5 aromatic rings. The number of benzene rings is 1. The predicted molar refractivity (Wildman–Crippen MR) is 100 cm³/mol. The van der Waals surface area contributed by atoms with Gasteiger partial charge >= 0.3 is 0 Å². The van der Waals surface area contributed by atoms with Crippen molar-refractivity contribution in [2.45, 2.75) is 6.92 Å². The highest BCUT2D eigenvalue weighted by molar-refractivity contribution is 5.96. The number of nitrogens with zero attached hydrogens (tertiary/aromatic N) is 3. The van der Waals surface area contributed by atoms with Crippen molar-refractivity contribution >= 4 is 16.6 Å². The average molecular weight is 324 g/mol. The fourth-order valence-electron chi connectivity index (χ4n) is 3.38. The van der Waals surface area contributed by atoms with Crippen LogP contribution < -0.4 is 0 Å². The van der Waals surface area contributed by atoms with E-state index in [1.807, 2.05) is 35.4 Å². The number of aromatic nitrogens is 4. The summed E-state index contributed by atoms with van der Waals surface area (Å²) in [6.07, 6.45) is 7.76. The van der Waals surface area contributed by atoms with Gasteiger partial charge in [0.1, 0.15) is 5.65 Å². The van der Waals surface area contributed by atoms with Crippen LogP contribution in [0.4, 0.5) is 0 Å². The molecule has 0 unspecified atom stereocenters. The molecule has 4 aromatic heterocycles. The van der Waals surface area contributed by atoms with E-state index in [0.29, 0.717) is 0 Å². The molecule has 4 nitrogen and oxygen atoms in total. The van der Waals surface area contributed by atoms with Crippen LogP contribution in [0.5, 0.6) is 0 Å². The van der Waals surface area contributed by atoms with Crippen LogP contribution in [-0.2, 0) is 0 Å². The first-order chi connectivity index (χ1) is 12.3. The summed E-state index contributed by atoms with van der Waals surface area (Å²) in [4.78, 5) is 7.91. The lowest BCUT2D eigenvalue weighted by atomic mass is 10.00. The summed E-state index contributed by atoms with van der Waals surface area (Å²) in [6.45, 7) is 2.13. The summed E-state index contributed by atoms with van der Waals surface area (Å²) in [7, 11) is 0. The summed E-state index contributed by atoms with van der Waals surface area (Å²) in [5.74, 6) is 0. The van der Waals surface area contributed by atoms with Crippen molar-refractivity contribution in [1.82, 2.24) is 19.6 Å². The van der Waals surface area contributed by atoms with Crippen LogP contribution in [0.2, 0.25) is 0 Å². The molecular formula is C21H16N4. The molecule has 0 aliphatic rings. The van der Waals surface area contributed by atoms with Crippen molar-refractivity contribution in [2.24, 2.45) is 0 Å². The summed E-state index contributed by atoms with van der Waals surface area (Å²) >= 11 is 0. The number of rotatable bonds is 2. The Morgan fingerprint density at radius 3 is 2.80 bits per heavy atom. The number of H-pyrrole nitrogens is 1. The highest BCUT2D eigenvalue weighted by Gasteiger charge is 2.10. The third kappa shape index (κ3) is 2.22. The van der Waals surface area contributed by atoms with E-state index in [2.05, 4.69) is 64.5 Å². The topological polar surface area (TPSA) is 46.0 Å². The van der Waals surface area contributed by atoms with Gasteiger partial charge in [-0.05, 0) is 47.9 Å². The smallest absolute Gasteiger partial charge is 0.137 e. The Kier molecular flexibility index (Phi) is 2.97. The Morgan fingerprint density at radius 2 is 1.88 bits per heavy atom. The largest absolute Gasteiger partial charge is 0.346 e. The minimum atomic E-state index is 0.903. The summed E-state index contributed by atoms with van der Waals surface area (Å²) in [5, 5.41) is 5.39. The number of nitrogens with one attached hydrogen (secondary N) is 1. The summed E-state index contributed by atoms with van der Waals surface area (Å²) in [6, 6.07) is 16.9. The third-order valence-electron chi connectivity index (χ3n) is 4.70. The molecule has 5 rings (SSSR count). The number of pyridine rings is 2. The molecular weight excluding hydrogens is 308 g/mol. The molecule has 25 heavy (non-hydrogen) atoms. The van der Waals surface area contributed by atoms with E-state index in [1.54, 1.807) is 0 Å². The second kappa shape index (κ2) is 5.31. The van der Waals surface area contributed by atoms with E-state index < -0.39 is 0 Å². The molecule has 0 saturated carbocycles. The van der Waals surface area contributed by atoms with Crippen LogP contribution in [0.15, 0.2) is 73.3 Å². The molecule has 4 heteroatoms. The van der Waals surface area contributed by atoms with Crippen LogP contribution in [0.1, 0.15) is 5.56 Å². The lowest BCUT2D eigenvalue weighted by molar-refractivity contribution is 0.962. The van der Waals surface area contributed by atoms with Gasteiger partial charge in [-0.2, -0.15) is 5.10 Å². The standard InChI is InChI=1S/C21H16N4/c1-14-4-2-3-5-18(14)16-11-19-20(13-23-21(19)22-12-16)15-7-9-25-17(10-15)6-8-24-25/h2-13H,1H3,(H,22,23). The first-order valence-corrected chi connectivity index (χ1v) is 8.26. The molecule has 0 saturated heterocycles. The molecule has 1 aromatic carbocycles. The highest BCUT2D eigenvalue weighted by atomic mass is 15.2. The van der Waals surface area contributed by atoms with Crippen molar-refractivity contribution < 1.29 is 0 Å². The summed E-state index contributed by atoms with van der Waals surface area (Å²) < 4.78 is 1.87. The van der Waals surface area contributed by atoms with E-state index in [9.17, 15) is 0 Å². The molecule has 0 atom stereocenters. The number of aromatic amines is 1. The van der Waals surface area contributed by atoms with Gasteiger partial charge in [0.05, 0.1) is 5.52 Å². The zero-order valence-corrected chi connectivity index (χ0v) is 13.8. The SMILES string of the molecule is Cc1ccccc1-c1cnc2[nH]cc(-c3ccn4nccc4c3)c2c1. The van der Waals surface area contributed by atoms with Gasteiger partial charge in [-0.3, -0.25) is 0 Å². The number of aryl methyl sites for hydroxylation is 1. The van der Waals surface area contributed by atoms with Crippen molar-refractivity contribution in [3.8, 4) is 22.3 Å². The van der Waals surface area contributed by atoms with Crippen molar-refractivity contribution in [1.29, 1.82) is 0 Å². The molecule has 0 radical (unpaired) electrons. The molecule has 0 spiro atoms. The molecule has 1 N–H and O–H groups in total. The van der Waals surface area contributed by atoms with E-state index in [4.69, 9.17) is 0 Å². The molecule has 0 fully saturated rings. The van der Waals surface area contributed by atoms with Crippen LogP contribution in [0.25, 0.3) is 38.8 Å². The Balaban J connectivity index is 1.71.